The van der Waals surface area contributed by atoms with Crippen LogP contribution in [0.25, 0.3) is 0 Å². The van der Waals surface area contributed by atoms with Gasteiger partial charge in [0.1, 0.15) is 16.7 Å². The number of esters is 9. The van der Waals surface area contributed by atoms with Gasteiger partial charge >= 0.3 is 53.7 Å². The van der Waals surface area contributed by atoms with Crippen molar-refractivity contribution in [3.8, 4) is 0 Å². The van der Waals surface area contributed by atoms with Gasteiger partial charge in [-0.2, -0.15) is 0 Å². The highest BCUT2D eigenvalue weighted by Crippen LogP contribution is 2.47. The summed E-state index contributed by atoms with van der Waals surface area (Å²) in [6.07, 6.45) is 17.0. The largest absolute Gasteiger partial charge is 0.574 e. The first-order valence-electron chi connectivity index (χ1n) is 24.0. The van der Waals surface area contributed by atoms with E-state index in [0.717, 1.165) is 36.5 Å². The lowest BCUT2D eigenvalue weighted by Crippen LogP contribution is -2.56. The molecule has 2 unspecified atom stereocenters. The average molecular weight is 1070 g/mol. The number of allylic oxidation sites excluding steroid dienone is 12. The van der Waals surface area contributed by atoms with Crippen LogP contribution in [0.15, 0.2) is 142 Å². The first-order chi connectivity index (χ1) is 36.5. The van der Waals surface area contributed by atoms with Crippen LogP contribution in [0.5, 0.6) is 0 Å². The Bertz CT molecular complexity index is 2920. The lowest BCUT2D eigenvalue weighted by atomic mass is 9.87. The summed E-state index contributed by atoms with van der Waals surface area (Å²) in [5.74, 6) is -21.5. The van der Waals surface area contributed by atoms with Gasteiger partial charge in [0.2, 0.25) is 0 Å². The molecule has 0 aromatic heterocycles. The fraction of sp³-hybridized carbons (Fsp3) is 0.377. The normalized spacial score (nSPS) is 31.9. The molecule has 6 aliphatic heterocycles. The maximum absolute atomic E-state index is 13.0. The molecule has 3 saturated heterocycles. The van der Waals surface area contributed by atoms with Crippen LogP contribution in [-0.2, 0) is 100.0 Å². The van der Waals surface area contributed by atoms with Crippen molar-refractivity contribution in [3.63, 3.8) is 0 Å². The Labute approximate surface area is 437 Å². The number of hydrogen-bond acceptors (Lipinski definition) is 24. The zero-order chi connectivity index (χ0) is 55.6. The van der Waals surface area contributed by atoms with E-state index in [1.807, 2.05) is 0 Å². The summed E-state index contributed by atoms with van der Waals surface area (Å²) < 4.78 is 64.7. The molecule has 0 bridgehead atoms. The van der Waals surface area contributed by atoms with Crippen LogP contribution in [0, 0.1) is 0 Å². The summed E-state index contributed by atoms with van der Waals surface area (Å²) in [6, 6.07) is 0. The Hall–Kier alpha value is -9.09. The molecule has 8 rings (SSSR count). The summed E-state index contributed by atoms with van der Waals surface area (Å²) in [7, 11) is 0. The van der Waals surface area contributed by atoms with Gasteiger partial charge in [0.25, 0.3) is 17.4 Å². The Morgan fingerprint density at radius 3 is 0.805 bits per heavy atom. The third-order valence-corrected chi connectivity index (χ3v) is 13.2. The number of rotatable bonds is 11. The molecule has 2 aliphatic carbocycles. The van der Waals surface area contributed by atoms with Crippen LogP contribution < -0.4 is 15.3 Å². The van der Waals surface area contributed by atoms with Crippen LogP contribution in [0.4, 0.5) is 0 Å². The van der Waals surface area contributed by atoms with Gasteiger partial charge in [0.05, 0.1) is 34.6 Å². The molecule has 6 heterocycles. The maximum atomic E-state index is 13.0. The van der Waals surface area contributed by atoms with Crippen molar-refractivity contribution in [2.24, 2.45) is 0 Å². The second kappa shape index (κ2) is 20.9. The molecule has 24 heteroatoms. The highest BCUT2D eigenvalue weighted by atomic mass is 16.8. The van der Waals surface area contributed by atoms with Gasteiger partial charge in [-0.15, -0.1) is 0 Å². The van der Waals surface area contributed by atoms with Crippen LogP contribution in [0.2, 0.25) is 0 Å². The molecule has 0 N–H and O–H groups in total. The third kappa shape index (κ3) is 11.5. The molecule has 0 radical (unpaired) electrons. The molecule has 2 atom stereocenters. The summed E-state index contributed by atoms with van der Waals surface area (Å²) in [5, 5.41) is 37.5. The van der Waals surface area contributed by atoms with Crippen molar-refractivity contribution in [1.82, 2.24) is 0 Å². The van der Waals surface area contributed by atoms with Gasteiger partial charge in [-0.25, -0.2) is 43.2 Å². The van der Waals surface area contributed by atoms with Crippen molar-refractivity contribution >= 4 is 53.7 Å². The smallest absolute Gasteiger partial charge is 0.348 e. The minimum absolute atomic E-state index is 0.206. The molecule has 0 amide bonds. The van der Waals surface area contributed by atoms with Crippen molar-refractivity contribution < 1.29 is 115 Å². The van der Waals surface area contributed by atoms with E-state index < -0.39 is 129 Å². The number of ether oxygens (including phenoxy) is 12. The molecular formula is C53H47O24-3. The summed E-state index contributed by atoms with van der Waals surface area (Å²) in [4.78, 5) is 115. The molecule has 4 spiro atoms. The number of carbonyl (C=O) groups excluding carboxylic acids is 9. The lowest BCUT2D eigenvalue weighted by molar-refractivity contribution is -0.406. The molecule has 0 aromatic carbocycles. The molecule has 2 saturated carbocycles. The van der Waals surface area contributed by atoms with Crippen molar-refractivity contribution in [3.05, 3.63) is 142 Å². The SMILES string of the molecule is CCC1(C)OC(=O)C(/C=C/C=C/C=C2C(=O)OC3(CCC4(CC3)OC(=O)C(=C/C=C/C=C/C3=C([O-])OC5(CCC6(CC5)OC(=O)C(=C/C=C/C=C/C5=C([O-])OC(C)(CC)OC5=O)C(=O)O6)OC3=O)C(=O)O4)OC2=O)=C([O-])O1. The summed E-state index contributed by atoms with van der Waals surface area (Å²) in [6.45, 7) is 6.26. The van der Waals surface area contributed by atoms with Crippen molar-refractivity contribution in [1.29, 1.82) is 0 Å². The topological polar surface area (TPSA) is 334 Å². The fourth-order valence-electron chi connectivity index (χ4n) is 8.47. The van der Waals surface area contributed by atoms with Crippen molar-refractivity contribution in [2.45, 2.75) is 127 Å². The first kappa shape index (κ1) is 54.2. The number of hydrogen-bond donors (Lipinski definition) is 0. The Morgan fingerprint density at radius 1 is 0.325 bits per heavy atom. The van der Waals surface area contributed by atoms with Crippen LogP contribution >= 0.6 is 0 Å². The Balaban J connectivity index is 0.788. The predicted molar refractivity (Wildman–Crippen MR) is 244 cm³/mol. The minimum Gasteiger partial charge on any atom is -0.574 e. The Morgan fingerprint density at radius 2 is 0.558 bits per heavy atom. The minimum atomic E-state index is -1.76. The first-order valence-corrected chi connectivity index (χ1v) is 24.0. The standard InChI is InChI=1S/C53H50O24/c1-5-48(3)66-36(54)30(37(55)67-48)16-10-7-12-18-32-40(58)70-50(71-41(32)59)22-26-52(27-23-50)74-44(62)34(45(63)75-52)20-14-9-15-21-35-46(64)76-53(77-47(35)65)28-24-51(25-29-53)72-42(60)33(43(61)73-51)19-13-8-11-17-31-38(56)68-49(4,6-2)69-39(31)57/h7-21,54,56,62H,5-6,22-29H2,1-4H3/p-3/b12-7+,13-8+,15-9+,16-10+,17-11+,20-14+,32-18?,33-19?,35-21?. The van der Waals surface area contributed by atoms with Crippen LogP contribution in [-0.4, -0.2) is 88.4 Å². The van der Waals surface area contributed by atoms with E-state index in [4.69, 9.17) is 56.8 Å². The van der Waals surface area contributed by atoms with Crippen molar-refractivity contribution in [2.75, 3.05) is 0 Å². The highest BCUT2D eigenvalue weighted by Gasteiger charge is 2.57. The summed E-state index contributed by atoms with van der Waals surface area (Å²) in [5.41, 5.74) is -2.66. The molecule has 77 heavy (non-hydrogen) atoms. The van der Waals surface area contributed by atoms with E-state index >= 15 is 0 Å². The van der Waals surface area contributed by atoms with E-state index in [0.29, 0.717) is 0 Å². The van der Waals surface area contributed by atoms with Gasteiger partial charge in [0, 0.05) is 51.4 Å². The second-order valence-corrected chi connectivity index (χ2v) is 18.5. The summed E-state index contributed by atoms with van der Waals surface area (Å²) >= 11 is 0. The zero-order valence-corrected chi connectivity index (χ0v) is 41.5. The van der Waals surface area contributed by atoms with E-state index in [2.05, 4.69) is 0 Å². The monoisotopic (exact) mass is 1070 g/mol. The van der Waals surface area contributed by atoms with E-state index in [-0.39, 0.29) is 75.4 Å². The quantitative estimate of drug-likeness (QED) is 0.0939. The molecular weight excluding hydrogens is 1020 g/mol. The lowest BCUT2D eigenvalue weighted by Gasteiger charge is -2.50. The van der Waals surface area contributed by atoms with Crippen LogP contribution in [0.3, 0.4) is 0 Å². The molecule has 0 aromatic rings. The fourth-order valence-corrected chi connectivity index (χ4v) is 8.47. The molecule has 406 valence electrons. The van der Waals surface area contributed by atoms with Crippen LogP contribution in [0.1, 0.15) is 91.9 Å². The third-order valence-electron chi connectivity index (χ3n) is 13.2. The average Bonchev–Trinajstić information content (AvgIpc) is 3.35. The maximum Gasteiger partial charge on any atom is 0.348 e. The second-order valence-electron chi connectivity index (χ2n) is 18.5. The van der Waals surface area contributed by atoms with E-state index in [1.165, 1.54) is 68.5 Å². The Kier molecular flexibility index (Phi) is 14.7. The van der Waals surface area contributed by atoms with Gasteiger partial charge < -0.3 is 72.2 Å². The van der Waals surface area contributed by atoms with Gasteiger partial charge in [-0.1, -0.05) is 68.5 Å². The van der Waals surface area contributed by atoms with Gasteiger partial charge in [-0.3, -0.25) is 0 Å². The van der Waals surface area contributed by atoms with E-state index in [9.17, 15) is 58.5 Å². The number of carbonyl (C=O) groups is 9. The predicted octanol–water partition coefficient (Wildman–Crippen LogP) is 2.02. The highest BCUT2D eigenvalue weighted by molar-refractivity contribution is 6.17. The molecule has 8 aliphatic rings. The molecule has 24 nitrogen and oxygen atoms in total. The number of cyclic esters (lactones) is 2. The van der Waals surface area contributed by atoms with Gasteiger partial charge in [0.15, 0.2) is 17.4 Å². The zero-order valence-electron chi connectivity index (χ0n) is 41.5. The molecule has 5 fully saturated rings. The van der Waals surface area contributed by atoms with E-state index in [1.54, 1.807) is 13.8 Å². The van der Waals surface area contributed by atoms with Gasteiger partial charge in [-0.05, 0) is 63.1 Å².